The summed E-state index contributed by atoms with van der Waals surface area (Å²) in [6, 6.07) is -22.1. The van der Waals surface area contributed by atoms with Crippen molar-refractivity contribution in [2.75, 3.05) is 48.5 Å². The zero-order valence-corrected chi connectivity index (χ0v) is 77.2. The number of hydrogen-bond acceptors (Lipinski definition) is 26. The molecule has 2 aromatic rings. The number of aromatic nitrogens is 1. The van der Waals surface area contributed by atoms with E-state index in [1.54, 1.807) is 92.8 Å². The molecular weight excluding hydrogens is 1750 g/mol. The lowest BCUT2D eigenvalue weighted by Crippen LogP contribution is -2.63. The lowest BCUT2D eigenvalue weighted by Gasteiger charge is -2.32. The molecular formula is C81H124N20O23S4. The number of thioether (sulfide) groups is 4. The van der Waals surface area contributed by atoms with Gasteiger partial charge in [-0.25, -0.2) is 4.79 Å². The van der Waals surface area contributed by atoms with Crippen molar-refractivity contribution >= 4 is 176 Å². The molecule has 710 valence electrons. The van der Waals surface area contributed by atoms with Gasteiger partial charge in [0.05, 0.1) is 25.7 Å². The van der Waals surface area contributed by atoms with Gasteiger partial charge in [0.15, 0.2) is 0 Å². The fraction of sp³-hybridized carbons (Fsp3) is 0.654. The van der Waals surface area contributed by atoms with Crippen LogP contribution in [0.3, 0.4) is 0 Å². The van der Waals surface area contributed by atoms with E-state index < -0.39 is 322 Å². The number of benzene rings is 1. The molecule has 1 aromatic carbocycles. The van der Waals surface area contributed by atoms with Crippen LogP contribution in [0.4, 0.5) is 0 Å². The summed E-state index contributed by atoms with van der Waals surface area (Å²) in [4.78, 5) is 296. The van der Waals surface area contributed by atoms with Crippen LogP contribution in [0.1, 0.15) is 135 Å². The second kappa shape index (κ2) is 50.4. The molecule has 43 nitrogen and oxygen atoms in total. The van der Waals surface area contributed by atoms with E-state index in [0.29, 0.717) is 28.2 Å². The molecule has 0 radical (unpaired) electrons. The number of H-pyrrole nitrogens is 1. The van der Waals surface area contributed by atoms with E-state index in [1.165, 1.54) is 34.6 Å². The third-order valence-corrected chi connectivity index (χ3v) is 26.7. The minimum absolute atomic E-state index is 0.106. The number of hydrogen-bond donors (Lipinski definition) is 23. The van der Waals surface area contributed by atoms with E-state index in [-0.39, 0.29) is 31.6 Å². The highest BCUT2D eigenvalue weighted by Crippen LogP contribution is 2.26. The Morgan fingerprint density at radius 2 is 0.945 bits per heavy atom. The van der Waals surface area contributed by atoms with E-state index in [4.69, 9.17) is 5.73 Å². The van der Waals surface area contributed by atoms with Gasteiger partial charge in [0.25, 0.3) is 0 Å². The molecule has 0 spiro atoms. The Morgan fingerprint density at radius 1 is 0.461 bits per heavy atom. The molecule has 4 aliphatic heterocycles. The first-order valence-electron chi connectivity index (χ1n) is 42.4. The summed E-state index contributed by atoms with van der Waals surface area (Å²) in [6.07, 6.45) is -0.384. The van der Waals surface area contributed by atoms with Crippen LogP contribution in [-0.2, 0) is 102 Å². The largest absolute Gasteiger partial charge is 0.481 e. The quantitative estimate of drug-likeness (QED) is 0.0657. The van der Waals surface area contributed by atoms with Gasteiger partial charge in [-0.3, -0.25) is 91.1 Å². The summed E-state index contributed by atoms with van der Waals surface area (Å²) in [5.41, 5.74) is 7.55. The van der Waals surface area contributed by atoms with Crippen LogP contribution >= 0.6 is 47.0 Å². The van der Waals surface area contributed by atoms with Crippen LogP contribution < -0.4 is 101 Å². The Bertz CT molecular complexity index is 4370. The minimum atomic E-state index is -1.96. The number of amides is 18. The number of fused-ring (bicyclic) bond motifs is 19. The fourth-order valence-corrected chi connectivity index (χ4v) is 18.2. The number of aliphatic carboxylic acids is 2. The predicted octanol–water partition coefficient (Wildman–Crippen LogP) is -5.41. The van der Waals surface area contributed by atoms with Crippen molar-refractivity contribution in [2.45, 2.75) is 254 Å². The maximum absolute atomic E-state index is 15.8. The molecule has 0 aliphatic carbocycles. The molecule has 1 unspecified atom stereocenters. The van der Waals surface area contributed by atoms with Gasteiger partial charge in [0.2, 0.25) is 106 Å². The number of nitrogens with two attached hydrogens (primary N) is 1. The second-order valence-electron chi connectivity index (χ2n) is 33.7. The summed E-state index contributed by atoms with van der Waals surface area (Å²) in [5, 5.41) is 73.7. The van der Waals surface area contributed by atoms with Crippen molar-refractivity contribution in [1.82, 2.24) is 101 Å². The number of carbonyl (C=O) groups is 20. The highest BCUT2D eigenvalue weighted by molar-refractivity contribution is 8.00. The Hall–Kier alpha value is -10.5. The molecule has 21 atom stereocenters. The van der Waals surface area contributed by atoms with Gasteiger partial charge >= 0.3 is 11.9 Å². The number of carboxylic acid groups (broad SMARTS) is 2. The van der Waals surface area contributed by atoms with E-state index >= 15 is 38.4 Å². The Morgan fingerprint density at radius 3 is 1.53 bits per heavy atom. The number of aliphatic hydroxyl groups excluding tert-OH is 1. The zero-order chi connectivity index (χ0) is 95.4. The Balaban J connectivity index is 1.60. The maximum Gasteiger partial charge on any atom is 0.327 e. The smallest absolute Gasteiger partial charge is 0.327 e. The van der Waals surface area contributed by atoms with Crippen molar-refractivity contribution in [2.24, 2.45) is 35.3 Å². The predicted molar refractivity (Wildman–Crippen MR) is 475 cm³/mol. The molecule has 5 heterocycles. The first-order chi connectivity index (χ1) is 60.2. The van der Waals surface area contributed by atoms with Gasteiger partial charge in [-0.15, -0.1) is 0 Å². The molecule has 4 aliphatic rings. The first-order valence-corrected chi connectivity index (χ1v) is 46.7. The second-order valence-corrected chi connectivity index (χ2v) is 39.0. The van der Waals surface area contributed by atoms with Crippen LogP contribution in [0.2, 0.25) is 0 Å². The first kappa shape index (κ1) is 106. The summed E-state index contributed by atoms with van der Waals surface area (Å²) >= 11 is 2.94. The molecule has 24 N–H and O–H groups in total. The van der Waals surface area contributed by atoms with E-state index in [1.807, 2.05) is 0 Å². The number of carbonyl (C=O) groups excluding carboxylic acids is 18. The summed E-state index contributed by atoms with van der Waals surface area (Å²) in [5.74, 6) is -28.6. The van der Waals surface area contributed by atoms with Crippen LogP contribution in [0.25, 0.3) is 10.9 Å². The highest BCUT2D eigenvalue weighted by Gasteiger charge is 2.44. The molecule has 47 heteroatoms. The van der Waals surface area contributed by atoms with Crippen LogP contribution in [-0.4, -0.2) is 305 Å². The molecule has 0 saturated carbocycles. The molecule has 1 aromatic heterocycles. The highest BCUT2D eigenvalue weighted by atomic mass is 32.2. The Labute approximate surface area is 757 Å². The van der Waals surface area contributed by atoms with E-state index in [9.17, 15) is 72.9 Å². The number of para-hydroxylation sites is 1. The number of nitrogens with one attached hydrogen (secondary N) is 19. The number of carboxylic acids is 2. The SMILES string of the molecule is CCC(C)[C@@H]1NC(=O)[C@@H]2NC(=O)[C@H](CC(C)C)NC(=O)[C@H](NC(=O)[C@@H]3CSC[C@H](N)C(=O)N[C@@H](CO)C(=O)NCC(=O)N[C@@H](Cc4c[nH]c5ccccc45)C(=O)N[C@@H](C(C)C)C(=O)N3)[C@H](C)SC[C@H](NC(=O)[C@H](CCC(=O)O)NC1=O)C(=O)NCC(=O)N[C@@H]1C(=O)N[C@@H](CC(C)C)C(=O)N[C@@H](C(C)C)C(=O)N[C@@H](CS[C@H]2C)C(=O)N[C@@H](C)C(=O)N[C@H](C(=O)O)CS[C@H]1C. The third-order valence-electron chi connectivity index (χ3n) is 21.6. The van der Waals surface area contributed by atoms with E-state index in [2.05, 4.69) is 101 Å². The summed E-state index contributed by atoms with van der Waals surface area (Å²) in [6.45, 7) is 18.6. The standard InChI is InChI=1S/C81H124N20O23S4/c1-15-38(10)61-77(119)88-47(20-21-58(105)106)69(111)92-53-31-126-41(13)63(101-74(116)52-30-125-29-45(82)66(108)91-51(28-102)67(109)84-26-56(103)87-50(72(114)98-59(36(6)7)75(117)93-52)24-43-25-83-46-19-17-16-18-44(43)46)79(121)90-49(23-35(4)5)71(113)100-64(80(122)99-61)42(14)127-32-54-73(115)86-39(11)65(107)95-55(81(123)124)33-128-40(12)62(96-57(104)27-85-68(53)110)78(120)89-48(22-34(2)3)70(112)97-60(37(8)9)76(118)94-54/h16-19,25,34-42,45,47-55,59-64,83,102H,15,20-24,26-33,82H2,1-14H3,(H,84,109)(H,85,110)(H,86,115)(H,87,103)(H,88,119)(H,89,120)(H,90,121)(H,91,108)(H,92,111)(H,93,117)(H,94,118)(H,95,107)(H,96,104)(H,97,112)(H,98,114)(H,99,122)(H,100,113)(H,101,116)(H,105,106)(H,123,124)/t38?,39-,40-,41-,42-,45-,47-,48-,49-,50-,51-,52-,53-,54-,55-,59-,60-,61-,62-,63+,64+/m0/s1. The summed E-state index contributed by atoms with van der Waals surface area (Å²) < 4.78 is 0. The van der Waals surface area contributed by atoms with Gasteiger partial charge in [0, 0.05) is 74.5 Å². The lowest BCUT2D eigenvalue weighted by molar-refractivity contribution is -0.141. The fourth-order valence-electron chi connectivity index (χ4n) is 13.8. The minimum Gasteiger partial charge on any atom is -0.481 e. The van der Waals surface area contributed by atoms with Gasteiger partial charge in [-0.2, -0.15) is 47.0 Å². The van der Waals surface area contributed by atoms with Crippen molar-refractivity contribution in [3.63, 3.8) is 0 Å². The molecule has 4 fully saturated rings. The molecule has 128 heavy (non-hydrogen) atoms. The van der Waals surface area contributed by atoms with Gasteiger partial charge in [-0.1, -0.05) is 115 Å². The van der Waals surface area contributed by atoms with E-state index in [0.717, 1.165) is 35.3 Å². The van der Waals surface area contributed by atoms with Crippen LogP contribution in [0.5, 0.6) is 0 Å². The third kappa shape index (κ3) is 32.0. The van der Waals surface area contributed by atoms with Crippen LogP contribution in [0.15, 0.2) is 30.5 Å². The Kier molecular flexibility index (Phi) is 41.9. The van der Waals surface area contributed by atoms with Crippen molar-refractivity contribution in [3.05, 3.63) is 36.0 Å². The number of aliphatic hydroxyl groups is 1. The molecule has 18 amide bonds. The van der Waals surface area contributed by atoms with Crippen LogP contribution in [0, 0.1) is 29.6 Å². The van der Waals surface area contributed by atoms with Gasteiger partial charge < -0.3 is 122 Å². The van der Waals surface area contributed by atoms with Crippen molar-refractivity contribution < 1.29 is 111 Å². The zero-order valence-electron chi connectivity index (χ0n) is 73.9. The van der Waals surface area contributed by atoms with Crippen molar-refractivity contribution in [1.29, 1.82) is 0 Å². The topological polar surface area (TPSA) is 660 Å². The molecule has 4 bridgehead atoms. The monoisotopic (exact) mass is 1870 g/mol. The summed E-state index contributed by atoms with van der Waals surface area (Å²) in [7, 11) is 0. The maximum atomic E-state index is 15.8. The number of aromatic amines is 1. The van der Waals surface area contributed by atoms with Gasteiger partial charge in [-0.05, 0) is 67.4 Å². The van der Waals surface area contributed by atoms with Crippen molar-refractivity contribution in [3.8, 4) is 0 Å². The van der Waals surface area contributed by atoms with Gasteiger partial charge in [0.1, 0.15) is 96.7 Å². The average Bonchev–Trinajstić information content (AvgIpc) is 1.63. The normalized spacial score (nSPS) is 29.8. The molecule has 6 rings (SSSR count). The number of rotatable bonds is 17. The lowest BCUT2D eigenvalue weighted by atomic mass is 9.96. The average molecular weight is 1870 g/mol. The molecule has 4 saturated heterocycles.